The Balaban J connectivity index is 1.57. The van der Waals surface area contributed by atoms with Crippen molar-refractivity contribution in [1.29, 1.82) is 0 Å². The van der Waals surface area contributed by atoms with Crippen LogP contribution < -0.4 is 5.32 Å². The molecule has 26 heavy (non-hydrogen) atoms. The van der Waals surface area contributed by atoms with Gasteiger partial charge in [-0.15, -0.1) is 0 Å². The Morgan fingerprint density at radius 1 is 1.31 bits per heavy atom. The molecule has 2 fully saturated rings. The number of aryl methyl sites for hydroxylation is 1. The maximum absolute atomic E-state index is 12.5. The zero-order valence-corrected chi connectivity index (χ0v) is 15.4. The second-order valence-corrected chi connectivity index (χ2v) is 7.23. The van der Waals surface area contributed by atoms with Crippen molar-refractivity contribution in [2.75, 3.05) is 13.2 Å². The van der Waals surface area contributed by atoms with Crippen molar-refractivity contribution in [1.82, 2.24) is 14.8 Å². The number of ketones is 1. The van der Waals surface area contributed by atoms with Crippen molar-refractivity contribution >= 4 is 23.7 Å². The first kappa shape index (κ1) is 18.2. The second kappa shape index (κ2) is 6.26. The molecule has 1 saturated heterocycles. The van der Waals surface area contributed by atoms with Gasteiger partial charge in [-0.3, -0.25) is 19.3 Å². The highest BCUT2D eigenvalue weighted by Crippen LogP contribution is 2.42. The fourth-order valence-electron chi connectivity index (χ4n) is 3.33. The Hall–Kier alpha value is -2.64. The van der Waals surface area contributed by atoms with Gasteiger partial charge in [0.25, 0.3) is 5.91 Å². The van der Waals surface area contributed by atoms with Gasteiger partial charge in [-0.1, -0.05) is 0 Å². The van der Waals surface area contributed by atoms with E-state index in [1.807, 2.05) is 25.5 Å². The van der Waals surface area contributed by atoms with Crippen LogP contribution in [0.1, 0.15) is 41.5 Å². The summed E-state index contributed by atoms with van der Waals surface area (Å²) in [7, 11) is 1.85. The van der Waals surface area contributed by atoms with E-state index in [2.05, 4.69) is 5.32 Å². The summed E-state index contributed by atoms with van der Waals surface area (Å²) >= 11 is 0. The molecule has 140 valence electrons. The van der Waals surface area contributed by atoms with Crippen molar-refractivity contribution in [2.45, 2.75) is 39.2 Å². The van der Waals surface area contributed by atoms with Crippen molar-refractivity contribution in [3.8, 4) is 0 Å². The highest BCUT2D eigenvalue weighted by molar-refractivity contribution is 6.09. The number of carbonyl (C=O) groups is 4. The summed E-state index contributed by atoms with van der Waals surface area (Å²) in [6.45, 7) is 4.46. The molecule has 1 aromatic rings. The van der Waals surface area contributed by atoms with Gasteiger partial charge >= 0.3 is 12.0 Å². The largest absolute Gasteiger partial charge is 0.456 e. The van der Waals surface area contributed by atoms with Crippen LogP contribution in [0.4, 0.5) is 4.79 Å². The maximum atomic E-state index is 12.5. The molecule has 0 aromatic carbocycles. The van der Waals surface area contributed by atoms with Gasteiger partial charge in [-0.05, 0) is 45.6 Å². The summed E-state index contributed by atoms with van der Waals surface area (Å²) in [6, 6.07) is 1.14. The van der Waals surface area contributed by atoms with E-state index in [1.54, 1.807) is 13.0 Å². The van der Waals surface area contributed by atoms with E-state index in [9.17, 15) is 19.2 Å². The first-order valence-corrected chi connectivity index (χ1v) is 8.61. The average molecular weight is 361 g/mol. The molecule has 0 unspecified atom stereocenters. The van der Waals surface area contributed by atoms with Crippen molar-refractivity contribution in [2.24, 2.45) is 13.0 Å². The number of imide groups is 1. The van der Waals surface area contributed by atoms with Gasteiger partial charge in [-0.25, -0.2) is 4.79 Å². The number of hydrogen-bond donors (Lipinski definition) is 1. The first-order chi connectivity index (χ1) is 12.1. The van der Waals surface area contributed by atoms with Crippen molar-refractivity contribution in [3.63, 3.8) is 0 Å². The highest BCUT2D eigenvalue weighted by atomic mass is 16.5. The lowest BCUT2D eigenvalue weighted by Crippen LogP contribution is -2.46. The highest BCUT2D eigenvalue weighted by Gasteiger charge is 2.56. The van der Waals surface area contributed by atoms with E-state index in [-0.39, 0.29) is 11.7 Å². The number of ether oxygens (including phenoxy) is 1. The minimum atomic E-state index is -0.939. The number of urea groups is 1. The normalized spacial score (nSPS) is 22.5. The zero-order chi connectivity index (χ0) is 19.2. The van der Waals surface area contributed by atoms with Gasteiger partial charge in [0.15, 0.2) is 6.61 Å². The standard InChI is InChI=1S/C18H23N3O5/c1-10-7-13(11(2)20(10)4)14(22)9-26-15(23)8-21-16(24)18(3,12-5-6-12)19-17(21)25/h7,12H,5-6,8-9H2,1-4H3,(H,19,25)/t18-/m0/s1. The molecule has 1 atom stereocenters. The molecule has 1 aliphatic heterocycles. The maximum Gasteiger partial charge on any atom is 0.326 e. The molecular weight excluding hydrogens is 338 g/mol. The fourth-order valence-corrected chi connectivity index (χ4v) is 3.33. The lowest BCUT2D eigenvalue weighted by molar-refractivity contribution is -0.146. The predicted octanol–water partition coefficient (Wildman–Crippen LogP) is 1.09. The van der Waals surface area contributed by atoms with Gasteiger partial charge in [0.05, 0.1) is 0 Å². The SMILES string of the molecule is Cc1cc(C(=O)COC(=O)CN2C(=O)N[C@@](C)(C3CC3)C2=O)c(C)n1C. The summed E-state index contributed by atoms with van der Waals surface area (Å²) in [4.78, 5) is 49.6. The molecule has 1 N–H and O–H groups in total. The van der Waals surface area contributed by atoms with Crippen LogP contribution in [-0.4, -0.2) is 51.8 Å². The van der Waals surface area contributed by atoms with Gasteiger partial charge in [0, 0.05) is 24.0 Å². The number of nitrogens with one attached hydrogen (secondary N) is 1. The number of rotatable bonds is 6. The summed E-state index contributed by atoms with van der Waals surface area (Å²) < 4.78 is 6.87. The first-order valence-electron chi connectivity index (χ1n) is 8.61. The molecule has 2 aliphatic rings. The van der Waals surface area contributed by atoms with Crippen LogP contribution in [0.15, 0.2) is 6.07 Å². The summed E-state index contributed by atoms with van der Waals surface area (Å²) in [5.41, 5.74) is 1.27. The third kappa shape index (κ3) is 3.00. The molecule has 8 nitrogen and oxygen atoms in total. The molecule has 8 heteroatoms. The van der Waals surface area contributed by atoms with E-state index in [4.69, 9.17) is 4.74 Å². The fraction of sp³-hybridized carbons (Fsp3) is 0.556. The van der Waals surface area contributed by atoms with E-state index in [0.29, 0.717) is 5.56 Å². The van der Waals surface area contributed by atoms with Gasteiger partial charge in [0.2, 0.25) is 5.78 Å². The number of esters is 1. The molecule has 0 bridgehead atoms. The van der Waals surface area contributed by atoms with Crippen LogP contribution >= 0.6 is 0 Å². The van der Waals surface area contributed by atoms with Gasteiger partial charge < -0.3 is 14.6 Å². The minimum Gasteiger partial charge on any atom is -0.456 e. The topological polar surface area (TPSA) is 97.7 Å². The molecule has 2 heterocycles. The third-order valence-corrected chi connectivity index (χ3v) is 5.42. The van der Waals surface area contributed by atoms with Crippen molar-refractivity contribution in [3.05, 3.63) is 23.0 Å². The van der Waals surface area contributed by atoms with Gasteiger partial charge in [0.1, 0.15) is 12.1 Å². The third-order valence-electron chi connectivity index (χ3n) is 5.42. The Morgan fingerprint density at radius 3 is 2.50 bits per heavy atom. The lowest BCUT2D eigenvalue weighted by atomic mass is 9.96. The lowest BCUT2D eigenvalue weighted by Gasteiger charge is -2.20. The molecule has 1 saturated carbocycles. The molecule has 1 aliphatic carbocycles. The number of Topliss-reactive ketones (excluding diaryl/α,β-unsaturated/α-hetero) is 1. The van der Waals surface area contributed by atoms with E-state index < -0.39 is 36.6 Å². The van der Waals surface area contributed by atoms with Crippen LogP contribution in [0.2, 0.25) is 0 Å². The van der Waals surface area contributed by atoms with Crippen molar-refractivity contribution < 1.29 is 23.9 Å². The molecule has 3 rings (SSSR count). The second-order valence-electron chi connectivity index (χ2n) is 7.23. The van der Waals surface area contributed by atoms with Crippen LogP contribution in [0.5, 0.6) is 0 Å². The number of nitrogens with zero attached hydrogens (tertiary/aromatic N) is 2. The smallest absolute Gasteiger partial charge is 0.326 e. The van der Waals surface area contributed by atoms with Crippen LogP contribution in [0, 0.1) is 19.8 Å². The number of aromatic nitrogens is 1. The van der Waals surface area contributed by atoms with Gasteiger partial charge in [-0.2, -0.15) is 0 Å². The predicted molar refractivity (Wildman–Crippen MR) is 91.6 cm³/mol. The van der Waals surface area contributed by atoms with Crippen LogP contribution in [-0.2, 0) is 21.4 Å². The molecule has 1 aromatic heterocycles. The summed E-state index contributed by atoms with van der Waals surface area (Å²) in [5, 5.41) is 2.66. The average Bonchev–Trinajstić information content (AvgIpc) is 3.38. The number of carbonyl (C=O) groups excluding carboxylic acids is 4. The Morgan fingerprint density at radius 2 is 1.96 bits per heavy atom. The molecular formula is C18H23N3O5. The molecule has 3 amide bonds. The van der Waals surface area contributed by atoms with E-state index in [0.717, 1.165) is 29.1 Å². The van der Waals surface area contributed by atoms with E-state index in [1.165, 1.54) is 0 Å². The van der Waals surface area contributed by atoms with Crippen LogP contribution in [0.3, 0.4) is 0 Å². The van der Waals surface area contributed by atoms with E-state index >= 15 is 0 Å². The van der Waals surface area contributed by atoms with Crippen LogP contribution in [0.25, 0.3) is 0 Å². The Bertz CT molecular complexity index is 808. The number of hydrogen-bond acceptors (Lipinski definition) is 5. The number of amides is 3. The summed E-state index contributed by atoms with van der Waals surface area (Å²) in [6.07, 6.45) is 1.76. The summed E-state index contributed by atoms with van der Waals surface area (Å²) in [5.74, 6) is -1.40. The Kier molecular flexibility index (Phi) is 4.37. The molecule has 0 radical (unpaired) electrons. The molecule has 0 spiro atoms. The Labute approximate surface area is 151 Å². The minimum absolute atomic E-state index is 0.117. The monoisotopic (exact) mass is 361 g/mol. The quantitative estimate of drug-likeness (QED) is 0.465. The zero-order valence-electron chi connectivity index (χ0n) is 15.4.